The standard InChI is InChI=1S/C15H20O7/c1-9(2)12(16)7-11(8-21-15(20)10(3)4)22-14(19)6-5-13(17)18/h11H,1,3,5-8H2,2,4H3,(H,17,18). The molecule has 7 nitrogen and oxygen atoms in total. The van der Waals surface area contributed by atoms with Crippen molar-refractivity contribution >= 4 is 23.7 Å². The normalized spacial score (nSPS) is 11.2. The Morgan fingerprint density at radius 2 is 1.64 bits per heavy atom. The lowest BCUT2D eigenvalue weighted by molar-refractivity contribution is -0.159. The molecule has 1 unspecified atom stereocenters. The van der Waals surface area contributed by atoms with Gasteiger partial charge < -0.3 is 14.6 Å². The second kappa shape index (κ2) is 9.49. The number of carboxylic acids is 1. The van der Waals surface area contributed by atoms with Crippen molar-refractivity contribution in [2.75, 3.05) is 6.61 Å². The van der Waals surface area contributed by atoms with E-state index in [1.165, 1.54) is 13.8 Å². The molecule has 0 aromatic heterocycles. The first-order chi connectivity index (χ1) is 10.1. The highest BCUT2D eigenvalue weighted by molar-refractivity contribution is 5.94. The average molecular weight is 312 g/mol. The van der Waals surface area contributed by atoms with E-state index >= 15 is 0 Å². The Bertz CT molecular complexity index is 490. The van der Waals surface area contributed by atoms with Crippen molar-refractivity contribution in [3.8, 4) is 0 Å². The molecule has 0 spiro atoms. The van der Waals surface area contributed by atoms with Gasteiger partial charge in [-0.05, 0) is 19.4 Å². The van der Waals surface area contributed by atoms with E-state index in [0.29, 0.717) is 0 Å². The number of Topliss-reactive ketones (excluding diaryl/α,β-unsaturated/α-hetero) is 1. The fourth-order valence-corrected chi connectivity index (χ4v) is 1.26. The Balaban J connectivity index is 4.63. The second-order valence-corrected chi connectivity index (χ2v) is 4.79. The molecule has 7 heteroatoms. The number of esters is 2. The quantitative estimate of drug-likeness (QED) is 0.480. The van der Waals surface area contributed by atoms with Crippen molar-refractivity contribution in [1.29, 1.82) is 0 Å². The van der Waals surface area contributed by atoms with E-state index in [1.54, 1.807) is 0 Å². The maximum atomic E-state index is 11.6. The number of allylic oxidation sites excluding steroid dienone is 1. The zero-order valence-electron chi connectivity index (χ0n) is 12.7. The van der Waals surface area contributed by atoms with Crippen molar-refractivity contribution in [3.05, 3.63) is 24.3 Å². The minimum absolute atomic E-state index is 0.169. The molecule has 122 valence electrons. The zero-order valence-corrected chi connectivity index (χ0v) is 12.7. The van der Waals surface area contributed by atoms with Gasteiger partial charge in [0.15, 0.2) is 5.78 Å². The first-order valence-corrected chi connectivity index (χ1v) is 6.56. The third-order valence-corrected chi connectivity index (χ3v) is 2.48. The Labute approximate surface area is 128 Å². The molecule has 22 heavy (non-hydrogen) atoms. The molecule has 0 amide bonds. The van der Waals surface area contributed by atoms with Crippen LogP contribution in [0.5, 0.6) is 0 Å². The summed E-state index contributed by atoms with van der Waals surface area (Å²) in [6.45, 7) is 9.53. The number of hydrogen-bond acceptors (Lipinski definition) is 6. The predicted molar refractivity (Wildman–Crippen MR) is 77.0 cm³/mol. The summed E-state index contributed by atoms with van der Waals surface area (Å²) in [6.07, 6.45) is -1.90. The van der Waals surface area contributed by atoms with Gasteiger partial charge in [-0.15, -0.1) is 0 Å². The molecule has 0 aromatic rings. The molecule has 0 aliphatic carbocycles. The summed E-state index contributed by atoms with van der Waals surface area (Å²) in [5.41, 5.74) is 0.444. The molecule has 0 fully saturated rings. The minimum Gasteiger partial charge on any atom is -0.481 e. The third-order valence-electron chi connectivity index (χ3n) is 2.48. The number of ketones is 1. The smallest absolute Gasteiger partial charge is 0.333 e. The van der Waals surface area contributed by atoms with Gasteiger partial charge in [-0.3, -0.25) is 14.4 Å². The van der Waals surface area contributed by atoms with Crippen molar-refractivity contribution in [2.24, 2.45) is 0 Å². The molecule has 0 aliphatic heterocycles. The highest BCUT2D eigenvalue weighted by Gasteiger charge is 2.21. The molecule has 0 aliphatic rings. The molecular weight excluding hydrogens is 292 g/mol. The van der Waals surface area contributed by atoms with Crippen LogP contribution in [0, 0.1) is 0 Å². The van der Waals surface area contributed by atoms with Gasteiger partial charge in [0, 0.05) is 5.57 Å². The Kier molecular flexibility index (Phi) is 8.44. The number of carboxylic acid groups (broad SMARTS) is 1. The number of ether oxygens (including phenoxy) is 2. The van der Waals surface area contributed by atoms with Gasteiger partial charge in [0.2, 0.25) is 0 Å². The highest BCUT2D eigenvalue weighted by atomic mass is 16.6. The molecule has 0 aromatic carbocycles. The molecule has 0 saturated carbocycles. The van der Waals surface area contributed by atoms with Crippen LogP contribution in [0.3, 0.4) is 0 Å². The number of carbonyl (C=O) groups excluding carboxylic acids is 3. The van der Waals surface area contributed by atoms with Crippen LogP contribution in [0.1, 0.15) is 33.1 Å². The average Bonchev–Trinajstić information content (AvgIpc) is 2.41. The molecule has 0 radical (unpaired) electrons. The predicted octanol–water partition coefficient (Wildman–Crippen LogP) is 1.42. The van der Waals surface area contributed by atoms with Gasteiger partial charge in [0.1, 0.15) is 12.7 Å². The van der Waals surface area contributed by atoms with Gasteiger partial charge in [-0.1, -0.05) is 13.2 Å². The largest absolute Gasteiger partial charge is 0.481 e. The monoisotopic (exact) mass is 312 g/mol. The highest BCUT2D eigenvalue weighted by Crippen LogP contribution is 2.08. The van der Waals surface area contributed by atoms with Crippen LogP contribution in [-0.4, -0.2) is 41.5 Å². The van der Waals surface area contributed by atoms with Crippen LogP contribution in [0.2, 0.25) is 0 Å². The topological polar surface area (TPSA) is 107 Å². The first-order valence-electron chi connectivity index (χ1n) is 6.56. The van der Waals surface area contributed by atoms with E-state index in [4.69, 9.17) is 14.6 Å². The van der Waals surface area contributed by atoms with Gasteiger partial charge in [0.25, 0.3) is 0 Å². The van der Waals surface area contributed by atoms with Gasteiger partial charge >= 0.3 is 17.9 Å². The number of carbonyl (C=O) groups is 4. The maximum absolute atomic E-state index is 11.6. The Morgan fingerprint density at radius 1 is 1.05 bits per heavy atom. The minimum atomic E-state index is -1.14. The van der Waals surface area contributed by atoms with Crippen LogP contribution in [-0.2, 0) is 28.7 Å². The fourth-order valence-electron chi connectivity index (χ4n) is 1.26. The van der Waals surface area contributed by atoms with Gasteiger partial charge in [0.05, 0.1) is 19.3 Å². The molecule has 0 bridgehead atoms. The van der Waals surface area contributed by atoms with Crippen molar-refractivity contribution in [3.63, 3.8) is 0 Å². The van der Waals surface area contributed by atoms with Gasteiger partial charge in [-0.2, -0.15) is 0 Å². The SMILES string of the molecule is C=C(C)C(=O)CC(COC(=O)C(=C)C)OC(=O)CCC(=O)O. The van der Waals surface area contributed by atoms with E-state index < -0.39 is 24.0 Å². The maximum Gasteiger partial charge on any atom is 0.333 e. The van der Waals surface area contributed by atoms with Crippen LogP contribution in [0.4, 0.5) is 0 Å². The van der Waals surface area contributed by atoms with Crippen LogP contribution in [0.15, 0.2) is 24.3 Å². The molecule has 1 atom stereocenters. The summed E-state index contributed by atoms with van der Waals surface area (Å²) in [7, 11) is 0. The molecule has 0 rings (SSSR count). The number of rotatable bonds is 10. The lowest BCUT2D eigenvalue weighted by Crippen LogP contribution is -2.28. The van der Waals surface area contributed by atoms with Gasteiger partial charge in [-0.25, -0.2) is 4.79 Å². The molecule has 0 saturated heterocycles. The zero-order chi connectivity index (χ0) is 17.3. The summed E-state index contributed by atoms with van der Waals surface area (Å²) in [5.74, 6) is -2.94. The first kappa shape index (κ1) is 19.6. The van der Waals surface area contributed by atoms with Crippen LogP contribution in [0.25, 0.3) is 0 Å². The van der Waals surface area contributed by atoms with Crippen molar-refractivity contribution in [2.45, 2.75) is 39.2 Å². The Hall–Kier alpha value is -2.44. The van der Waals surface area contributed by atoms with E-state index in [9.17, 15) is 19.2 Å². The summed E-state index contributed by atoms with van der Waals surface area (Å²) < 4.78 is 9.84. The third kappa shape index (κ3) is 8.68. The van der Waals surface area contributed by atoms with E-state index in [2.05, 4.69) is 13.2 Å². The van der Waals surface area contributed by atoms with Crippen molar-refractivity contribution < 1.29 is 33.8 Å². The number of hydrogen-bond donors (Lipinski definition) is 1. The van der Waals surface area contributed by atoms with Crippen molar-refractivity contribution in [1.82, 2.24) is 0 Å². The van der Waals surface area contributed by atoms with E-state index in [-0.39, 0.29) is 42.8 Å². The molecule has 1 N–H and O–H groups in total. The summed E-state index contributed by atoms with van der Waals surface area (Å²) >= 11 is 0. The van der Waals surface area contributed by atoms with Crippen LogP contribution < -0.4 is 0 Å². The fraction of sp³-hybridized carbons (Fsp3) is 0.467. The summed E-state index contributed by atoms with van der Waals surface area (Å²) in [6, 6.07) is 0. The lowest BCUT2D eigenvalue weighted by Gasteiger charge is -2.17. The number of aliphatic carboxylic acids is 1. The molecular formula is C15H20O7. The van der Waals surface area contributed by atoms with Crippen LogP contribution >= 0.6 is 0 Å². The second-order valence-electron chi connectivity index (χ2n) is 4.79. The van der Waals surface area contributed by atoms with E-state index in [1.807, 2.05) is 0 Å². The summed E-state index contributed by atoms with van der Waals surface area (Å²) in [4.78, 5) is 44.9. The summed E-state index contributed by atoms with van der Waals surface area (Å²) in [5, 5.41) is 8.50. The Morgan fingerprint density at radius 3 is 2.09 bits per heavy atom. The molecule has 0 heterocycles. The lowest BCUT2D eigenvalue weighted by atomic mass is 10.1. The van der Waals surface area contributed by atoms with E-state index in [0.717, 1.165) is 0 Å².